The summed E-state index contributed by atoms with van der Waals surface area (Å²) in [7, 11) is 0. The van der Waals surface area contributed by atoms with Crippen molar-refractivity contribution in [2.45, 2.75) is 41.9 Å². The Morgan fingerprint density at radius 3 is 2.64 bits per heavy atom. The van der Waals surface area contributed by atoms with Gasteiger partial charge in [0, 0.05) is 10.1 Å². The normalized spacial score (nSPS) is 27.5. The van der Waals surface area contributed by atoms with Crippen molar-refractivity contribution in [3.63, 3.8) is 0 Å². The summed E-state index contributed by atoms with van der Waals surface area (Å²) in [6.45, 7) is 0. The molecule has 2 atom stereocenters. The molecule has 0 saturated heterocycles. The topological polar surface area (TPSA) is 20.2 Å². The Morgan fingerprint density at radius 1 is 1.14 bits per heavy atom. The number of thioether (sulfide) groups is 1. The van der Waals surface area contributed by atoms with Gasteiger partial charge in [0.15, 0.2) is 0 Å². The molecule has 2 rings (SSSR count). The van der Waals surface area contributed by atoms with Gasteiger partial charge in [-0.05, 0) is 37.8 Å². The Balaban J connectivity index is 1.91. The number of rotatable bonds is 2. The number of aliphatic hydroxyl groups excluding tert-OH is 1. The van der Waals surface area contributed by atoms with E-state index in [9.17, 15) is 5.11 Å². The van der Waals surface area contributed by atoms with E-state index < -0.39 is 0 Å². The fourth-order valence-corrected chi connectivity index (χ4v) is 3.22. The fourth-order valence-electron chi connectivity index (χ4n) is 1.92. The monoisotopic (exact) mass is 208 g/mol. The molecule has 14 heavy (non-hydrogen) atoms. The van der Waals surface area contributed by atoms with Crippen molar-refractivity contribution >= 4 is 11.8 Å². The van der Waals surface area contributed by atoms with Crippen LogP contribution in [0.2, 0.25) is 0 Å². The molecule has 1 N–H and O–H groups in total. The van der Waals surface area contributed by atoms with Crippen LogP contribution in [-0.4, -0.2) is 16.5 Å². The maximum absolute atomic E-state index is 9.54. The molecular weight excluding hydrogens is 192 g/mol. The van der Waals surface area contributed by atoms with Crippen LogP contribution in [0.5, 0.6) is 0 Å². The molecule has 1 aliphatic carbocycles. The number of aliphatic hydroxyl groups is 1. The maximum atomic E-state index is 9.54. The standard InChI is InChI=1S/C12H16OS/c13-10-5-4-8-12(9-10)14-11-6-2-1-3-7-11/h1-3,6-7,10,12-13H,4-5,8-9H2/t10-,12-/m1/s1. The van der Waals surface area contributed by atoms with Gasteiger partial charge in [-0.25, -0.2) is 0 Å². The lowest BCUT2D eigenvalue weighted by Crippen LogP contribution is -2.20. The average Bonchev–Trinajstić information content (AvgIpc) is 2.19. The van der Waals surface area contributed by atoms with Crippen LogP contribution in [0.1, 0.15) is 25.7 Å². The molecule has 76 valence electrons. The number of hydrogen-bond acceptors (Lipinski definition) is 2. The van der Waals surface area contributed by atoms with Crippen LogP contribution in [0.25, 0.3) is 0 Å². The SMILES string of the molecule is O[C@@H]1CCC[C@@H](Sc2ccccc2)C1. The highest BCUT2D eigenvalue weighted by Crippen LogP contribution is 2.33. The van der Waals surface area contributed by atoms with Crippen LogP contribution in [0.3, 0.4) is 0 Å². The molecule has 1 saturated carbocycles. The predicted octanol–water partition coefficient (Wildman–Crippen LogP) is 3.08. The third kappa shape index (κ3) is 2.76. The summed E-state index contributed by atoms with van der Waals surface area (Å²) in [6.07, 6.45) is 4.30. The molecule has 0 unspecified atom stereocenters. The van der Waals surface area contributed by atoms with E-state index in [1.54, 1.807) is 0 Å². The Bertz CT molecular complexity index is 273. The highest BCUT2D eigenvalue weighted by molar-refractivity contribution is 8.00. The molecular formula is C12H16OS. The summed E-state index contributed by atoms with van der Waals surface area (Å²) in [6, 6.07) is 10.5. The van der Waals surface area contributed by atoms with E-state index in [2.05, 4.69) is 24.3 Å². The number of benzene rings is 1. The molecule has 1 aromatic carbocycles. The lowest BCUT2D eigenvalue weighted by atomic mass is 9.97. The molecule has 0 radical (unpaired) electrons. The molecule has 1 fully saturated rings. The van der Waals surface area contributed by atoms with Crippen LogP contribution in [0.15, 0.2) is 35.2 Å². The van der Waals surface area contributed by atoms with Crippen molar-refractivity contribution in [1.29, 1.82) is 0 Å². The highest BCUT2D eigenvalue weighted by atomic mass is 32.2. The van der Waals surface area contributed by atoms with Crippen LogP contribution < -0.4 is 0 Å². The maximum Gasteiger partial charge on any atom is 0.0551 e. The summed E-state index contributed by atoms with van der Waals surface area (Å²) in [5.74, 6) is 0. The van der Waals surface area contributed by atoms with Gasteiger partial charge in [0.2, 0.25) is 0 Å². The van der Waals surface area contributed by atoms with Crippen molar-refractivity contribution in [3.8, 4) is 0 Å². The van der Waals surface area contributed by atoms with Gasteiger partial charge in [0.1, 0.15) is 0 Å². The minimum atomic E-state index is -0.0648. The van der Waals surface area contributed by atoms with Gasteiger partial charge in [0.05, 0.1) is 6.10 Å². The van der Waals surface area contributed by atoms with Gasteiger partial charge >= 0.3 is 0 Å². The summed E-state index contributed by atoms with van der Waals surface area (Å²) in [5, 5.41) is 10.2. The van der Waals surface area contributed by atoms with Gasteiger partial charge in [0.25, 0.3) is 0 Å². The Morgan fingerprint density at radius 2 is 1.93 bits per heavy atom. The first kappa shape index (κ1) is 10.1. The zero-order chi connectivity index (χ0) is 9.80. The largest absolute Gasteiger partial charge is 0.393 e. The van der Waals surface area contributed by atoms with Gasteiger partial charge in [-0.2, -0.15) is 0 Å². The quantitative estimate of drug-likeness (QED) is 0.806. The van der Waals surface area contributed by atoms with E-state index in [1.807, 2.05) is 17.8 Å². The minimum absolute atomic E-state index is 0.0648. The van der Waals surface area contributed by atoms with Crippen molar-refractivity contribution in [2.75, 3.05) is 0 Å². The third-order valence-electron chi connectivity index (χ3n) is 2.64. The van der Waals surface area contributed by atoms with Gasteiger partial charge in [-0.3, -0.25) is 0 Å². The van der Waals surface area contributed by atoms with E-state index in [-0.39, 0.29) is 6.10 Å². The van der Waals surface area contributed by atoms with Gasteiger partial charge < -0.3 is 5.11 Å². The fraction of sp³-hybridized carbons (Fsp3) is 0.500. The molecule has 0 aliphatic heterocycles. The summed E-state index contributed by atoms with van der Waals surface area (Å²) < 4.78 is 0. The molecule has 1 nitrogen and oxygen atoms in total. The Labute approximate surface area is 89.5 Å². The number of hydrogen-bond donors (Lipinski definition) is 1. The molecule has 1 aliphatic rings. The highest BCUT2D eigenvalue weighted by Gasteiger charge is 2.20. The van der Waals surface area contributed by atoms with Gasteiger partial charge in [-0.1, -0.05) is 18.2 Å². The van der Waals surface area contributed by atoms with Gasteiger partial charge in [-0.15, -0.1) is 11.8 Å². The molecule has 2 heteroatoms. The Hall–Kier alpha value is -0.470. The second-order valence-electron chi connectivity index (χ2n) is 3.87. The molecule has 0 spiro atoms. The lowest BCUT2D eigenvalue weighted by molar-refractivity contribution is 0.133. The first-order chi connectivity index (χ1) is 6.84. The van der Waals surface area contributed by atoms with Crippen LogP contribution >= 0.6 is 11.8 Å². The predicted molar refractivity (Wildman–Crippen MR) is 60.6 cm³/mol. The van der Waals surface area contributed by atoms with Crippen molar-refractivity contribution in [3.05, 3.63) is 30.3 Å². The first-order valence-electron chi connectivity index (χ1n) is 5.24. The van der Waals surface area contributed by atoms with Crippen LogP contribution in [0.4, 0.5) is 0 Å². The second kappa shape index (κ2) is 4.85. The lowest BCUT2D eigenvalue weighted by Gasteiger charge is -2.25. The smallest absolute Gasteiger partial charge is 0.0551 e. The minimum Gasteiger partial charge on any atom is -0.393 e. The van der Waals surface area contributed by atoms with E-state index in [0.29, 0.717) is 5.25 Å². The third-order valence-corrected chi connectivity index (χ3v) is 3.95. The van der Waals surface area contributed by atoms with E-state index >= 15 is 0 Å². The van der Waals surface area contributed by atoms with E-state index in [1.165, 1.54) is 17.7 Å². The zero-order valence-corrected chi connectivity index (χ0v) is 9.04. The summed E-state index contributed by atoms with van der Waals surface area (Å²) in [4.78, 5) is 1.33. The average molecular weight is 208 g/mol. The summed E-state index contributed by atoms with van der Waals surface area (Å²) in [5.41, 5.74) is 0. The first-order valence-corrected chi connectivity index (χ1v) is 6.12. The van der Waals surface area contributed by atoms with Crippen molar-refractivity contribution < 1.29 is 5.11 Å². The molecule has 0 aromatic heterocycles. The second-order valence-corrected chi connectivity index (χ2v) is 5.25. The molecule has 0 heterocycles. The van der Waals surface area contributed by atoms with Crippen molar-refractivity contribution in [1.82, 2.24) is 0 Å². The van der Waals surface area contributed by atoms with E-state index in [4.69, 9.17) is 0 Å². The summed E-state index contributed by atoms with van der Waals surface area (Å²) >= 11 is 1.91. The van der Waals surface area contributed by atoms with Crippen molar-refractivity contribution in [2.24, 2.45) is 0 Å². The Kier molecular flexibility index (Phi) is 3.49. The molecule has 1 aromatic rings. The van der Waals surface area contributed by atoms with Crippen LogP contribution in [-0.2, 0) is 0 Å². The molecule has 0 amide bonds. The zero-order valence-electron chi connectivity index (χ0n) is 8.23. The van der Waals surface area contributed by atoms with Crippen LogP contribution in [0, 0.1) is 0 Å². The van der Waals surface area contributed by atoms with E-state index in [0.717, 1.165) is 12.8 Å². The molecule has 0 bridgehead atoms.